The normalized spacial score (nSPS) is 18.5. The van der Waals surface area contributed by atoms with Crippen molar-refractivity contribution in [3.05, 3.63) is 54.1 Å². The minimum atomic E-state index is -0.283. The highest BCUT2D eigenvalue weighted by molar-refractivity contribution is 5.99. The minimum Gasteiger partial charge on any atom is -0.497 e. The van der Waals surface area contributed by atoms with Gasteiger partial charge < -0.3 is 19.3 Å². The second-order valence-corrected chi connectivity index (χ2v) is 7.49. The smallest absolute Gasteiger partial charge is 0.232 e. The molecule has 4 rings (SSSR count). The summed E-state index contributed by atoms with van der Waals surface area (Å²) in [5.74, 6) is 1.30. The highest BCUT2D eigenvalue weighted by atomic mass is 16.5. The predicted molar refractivity (Wildman–Crippen MR) is 110 cm³/mol. The van der Waals surface area contributed by atoms with Crippen molar-refractivity contribution in [1.29, 1.82) is 0 Å². The molecular formula is C23H26N2O4. The van der Waals surface area contributed by atoms with Crippen molar-refractivity contribution < 1.29 is 19.1 Å². The molecule has 0 aromatic heterocycles. The molecule has 6 heteroatoms. The maximum Gasteiger partial charge on any atom is 0.232 e. The van der Waals surface area contributed by atoms with Crippen molar-refractivity contribution in [2.75, 3.05) is 38.3 Å². The Bertz CT molecular complexity index is 881. The molecule has 2 aromatic carbocycles. The number of carbonyl (C=O) groups excluding carboxylic acids is 2. The molecule has 1 unspecified atom stereocenters. The molecule has 1 fully saturated rings. The van der Waals surface area contributed by atoms with Crippen molar-refractivity contribution >= 4 is 17.5 Å². The topological polar surface area (TPSA) is 59.1 Å². The number of likely N-dealkylation sites (tertiary alicyclic amines) is 1. The van der Waals surface area contributed by atoms with Gasteiger partial charge in [0.1, 0.15) is 18.1 Å². The van der Waals surface area contributed by atoms with E-state index < -0.39 is 0 Å². The number of nitrogens with zero attached hydrogens (tertiary/aromatic N) is 2. The van der Waals surface area contributed by atoms with E-state index in [0.717, 1.165) is 36.6 Å². The van der Waals surface area contributed by atoms with Gasteiger partial charge in [-0.3, -0.25) is 9.59 Å². The van der Waals surface area contributed by atoms with Crippen LogP contribution >= 0.6 is 0 Å². The summed E-state index contributed by atoms with van der Waals surface area (Å²) in [7, 11) is 1.62. The lowest BCUT2D eigenvalue weighted by Gasteiger charge is -2.31. The predicted octanol–water partition coefficient (Wildman–Crippen LogP) is 2.90. The summed E-state index contributed by atoms with van der Waals surface area (Å²) in [4.78, 5) is 29.1. The van der Waals surface area contributed by atoms with Crippen LogP contribution in [-0.2, 0) is 16.0 Å². The molecule has 2 aromatic rings. The van der Waals surface area contributed by atoms with Crippen LogP contribution in [0.2, 0.25) is 0 Å². The maximum atomic E-state index is 13.1. The van der Waals surface area contributed by atoms with Gasteiger partial charge in [0.25, 0.3) is 0 Å². The first kappa shape index (κ1) is 19.3. The van der Waals surface area contributed by atoms with E-state index in [0.29, 0.717) is 19.7 Å². The Labute approximate surface area is 171 Å². The van der Waals surface area contributed by atoms with Gasteiger partial charge in [-0.2, -0.15) is 0 Å². The summed E-state index contributed by atoms with van der Waals surface area (Å²) >= 11 is 0. The van der Waals surface area contributed by atoms with Crippen LogP contribution in [0.1, 0.15) is 18.4 Å². The largest absolute Gasteiger partial charge is 0.497 e. The Morgan fingerprint density at radius 3 is 2.66 bits per heavy atom. The zero-order valence-corrected chi connectivity index (χ0v) is 16.7. The van der Waals surface area contributed by atoms with E-state index in [-0.39, 0.29) is 24.2 Å². The van der Waals surface area contributed by atoms with Gasteiger partial charge in [0.2, 0.25) is 11.8 Å². The average Bonchev–Trinajstić information content (AvgIpc) is 3.14. The number of carbonyl (C=O) groups is 2. The number of aryl methyl sites for hydroxylation is 1. The van der Waals surface area contributed by atoms with E-state index in [1.165, 1.54) is 5.56 Å². The number of benzene rings is 2. The lowest BCUT2D eigenvalue weighted by molar-refractivity contribution is -0.128. The van der Waals surface area contributed by atoms with Gasteiger partial charge in [0.15, 0.2) is 0 Å². The summed E-state index contributed by atoms with van der Waals surface area (Å²) in [6.07, 6.45) is 2.24. The Hall–Kier alpha value is -3.02. The second kappa shape index (κ2) is 8.55. The van der Waals surface area contributed by atoms with Crippen LogP contribution in [0.3, 0.4) is 0 Å². The summed E-state index contributed by atoms with van der Waals surface area (Å²) in [6.45, 7) is 2.06. The van der Waals surface area contributed by atoms with Gasteiger partial charge in [0.05, 0.1) is 19.6 Å². The summed E-state index contributed by atoms with van der Waals surface area (Å²) in [6, 6.07) is 15.4. The third-order valence-electron chi connectivity index (χ3n) is 5.63. The van der Waals surface area contributed by atoms with Gasteiger partial charge in [0, 0.05) is 25.2 Å². The van der Waals surface area contributed by atoms with E-state index in [4.69, 9.17) is 9.47 Å². The molecule has 2 heterocycles. The molecule has 6 nitrogen and oxygen atoms in total. The summed E-state index contributed by atoms with van der Waals surface area (Å²) < 4.78 is 10.9. The molecule has 0 radical (unpaired) electrons. The fourth-order valence-corrected chi connectivity index (χ4v) is 4.08. The number of ether oxygens (including phenoxy) is 2. The van der Waals surface area contributed by atoms with Crippen LogP contribution in [0.5, 0.6) is 11.5 Å². The quantitative estimate of drug-likeness (QED) is 0.756. The average molecular weight is 394 g/mol. The van der Waals surface area contributed by atoms with E-state index in [9.17, 15) is 9.59 Å². The molecule has 2 aliphatic heterocycles. The zero-order valence-electron chi connectivity index (χ0n) is 16.7. The molecule has 2 amide bonds. The number of hydrogen-bond acceptors (Lipinski definition) is 4. The minimum absolute atomic E-state index is 0.0203. The van der Waals surface area contributed by atoms with Gasteiger partial charge >= 0.3 is 0 Å². The van der Waals surface area contributed by atoms with Crippen molar-refractivity contribution in [2.45, 2.75) is 19.3 Å². The van der Waals surface area contributed by atoms with Crippen molar-refractivity contribution in [2.24, 2.45) is 5.92 Å². The molecular weight excluding hydrogens is 368 g/mol. The van der Waals surface area contributed by atoms with E-state index in [2.05, 4.69) is 6.07 Å². The Morgan fingerprint density at radius 1 is 1.10 bits per heavy atom. The van der Waals surface area contributed by atoms with Gasteiger partial charge in [-0.05, 0) is 48.7 Å². The lowest BCUT2D eigenvalue weighted by Crippen LogP contribution is -2.40. The summed E-state index contributed by atoms with van der Waals surface area (Å²) in [5, 5.41) is 0. The van der Waals surface area contributed by atoms with E-state index in [1.54, 1.807) is 12.0 Å². The third kappa shape index (κ3) is 4.21. The molecule has 152 valence electrons. The monoisotopic (exact) mass is 394 g/mol. The number of methoxy groups -OCH3 is 1. The van der Waals surface area contributed by atoms with Crippen molar-refractivity contribution in [3.63, 3.8) is 0 Å². The molecule has 29 heavy (non-hydrogen) atoms. The number of hydrogen-bond donors (Lipinski definition) is 0. The molecule has 0 aliphatic carbocycles. The van der Waals surface area contributed by atoms with Crippen LogP contribution in [0.4, 0.5) is 5.69 Å². The number of amides is 2. The highest BCUT2D eigenvalue weighted by Crippen LogP contribution is 2.30. The third-order valence-corrected chi connectivity index (χ3v) is 5.63. The Kier molecular flexibility index (Phi) is 5.69. The van der Waals surface area contributed by atoms with Gasteiger partial charge in [-0.25, -0.2) is 0 Å². The number of rotatable bonds is 6. The molecule has 0 saturated carbocycles. The van der Waals surface area contributed by atoms with Crippen LogP contribution in [0.25, 0.3) is 0 Å². The first-order valence-corrected chi connectivity index (χ1v) is 10.1. The van der Waals surface area contributed by atoms with Crippen LogP contribution in [0, 0.1) is 5.92 Å². The highest BCUT2D eigenvalue weighted by Gasteiger charge is 2.37. The Balaban J connectivity index is 1.32. The molecule has 0 bridgehead atoms. The van der Waals surface area contributed by atoms with Crippen molar-refractivity contribution in [1.82, 2.24) is 4.90 Å². The van der Waals surface area contributed by atoms with Gasteiger partial charge in [-0.15, -0.1) is 0 Å². The fourth-order valence-electron chi connectivity index (χ4n) is 4.08. The SMILES string of the molecule is COc1ccc(OCCN2CC(C(=O)N3CCCc4ccccc43)CC2=O)cc1. The fraction of sp³-hybridized carbons (Fsp3) is 0.391. The number of fused-ring (bicyclic) bond motifs is 1. The first-order valence-electron chi connectivity index (χ1n) is 10.1. The molecule has 2 aliphatic rings. The molecule has 1 saturated heterocycles. The molecule has 0 N–H and O–H groups in total. The number of anilines is 1. The molecule has 0 spiro atoms. The van der Waals surface area contributed by atoms with E-state index >= 15 is 0 Å². The first-order chi connectivity index (χ1) is 14.2. The van der Waals surface area contributed by atoms with Crippen LogP contribution < -0.4 is 14.4 Å². The van der Waals surface area contributed by atoms with Crippen molar-refractivity contribution in [3.8, 4) is 11.5 Å². The number of para-hydroxylation sites is 1. The van der Waals surface area contributed by atoms with Crippen LogP contribution in [-0.4, -0.2) is 50.1 Å². The lowest BCUT2D eigenvalue weighted by atomic mass is 9.99. The van der Waals surface area contributed by atoms with Crippen LogP contribution in [0.15, 0.2) is 48.5 Å². The Morgan fingerprint density at radius 2 is 1.86 bits per heavy atom. The standard InChI is InChI=1S/C23H26N2O4/c1-28-19-8-10-20(11-9-19)29-14-13-24-16-18(15-22(24)26)23(27)25-12-4-6-17-5-2-3-7-21(17)25/h2-3,5,7-11,18H,4,6,12-16H2,1H3. The maximum absolute atomic E-state index is 13.1. The summed E-state index contributed by atoms with van der Waals surface area (Å²) in [5.41, 5.74) is 2.21. The molecule has 1 atom stereocenters. The van der Waals surface area contributed by atoms with Gasteiger partial charge in [-0.1, -0.05) is 18.2 Å². The second-order valence-electron chi connectivity index (χ2n) is 7.49. The van der Waals surface area contributed by atoms with E-state index in [1.807, 2.05) is 47.4 Å². The zero-order chi connectivity index (χ0) is 20.2.